The Bertz CT molecular complexity index is 1170. The fourth-order valence-electron chi connectivity index (χ4n) is 3.90. The molecule has 2 aliphatic heterocycles. The van der Waals surface area contributed by atoms with Gasteiger partial charge < -0.3 is 24.4 Å². The molecule has 1 aromatic heterocycles. The second kappa shape index (κ2) is 8.55. The zero-order valence-electron chi connectivity index (χ0n) is 17.3. The number of aromatic hydroxyl groups is 1. The molecule has 0 radical (unpaired) electrons. The minimum atomic E-state index is -0.216. The zero-order valence-corrected chi connectivity index (χ0v) is 18.1. The van der Waals surface area contributed by atoms with Gasteiger partial charge in [0.05, 0.1) is 10.4 Å². The van der Waals surface area contributed by atoms with Crippen molar-refractivity contribution in [2.75, 3.05) is 39.4 Å². The molecular formula is C24H22N2O5S. The van der Waals surface area contributed by atoms with Crippen LogP contribution in [0.3, 0.4) is 0 Å². The SMILES string of the molecule is O=C(c1ccc(-c2ccc3c(c2)OCCO3)s1)N1CCN(C(=O)c2ccccc2O)CC1. The Hall–Kier alpha value is -3.52. The molecule has 0 unspecified atom stereocenters. The van der Waals surface area contributed by atoms with Crippen LogP contribution in [0, 0.1) is 0 Å². The highest BCUT2D eigenvalue weighted by Crippen LogP contribution is 2.37. The summed E-state index contributed by atoms with van der Waals surface area (Å²) in [6, 6.07) is 16.1. The van der Waals surface area contributed by atoms with E-state index < -0.39 is 0 Å². The van der Waals surface area contributed by atoms with Gasteiger partial charge in [-0.15, -0.1) is 11.3 Å². The van der Waals surface area contributed by atoms with Crippen LogP contribution in [0.1, 0.15) is 20.0 Å². The van der Waals surface area contributed by atoms with Crippen LogP contribution in [0.5, 0.6) is 17.2 Å². The molecule has 0 spiro atoms. The fourth-order valence-corrected chi connectivity index (χ4v) is 4.87. The van der Waals surface area contributed by atoms with Crippen molar-refractivity contribution >= 4 is 23.2 Å². The van der Waals surface area contributed by atoms with Crippen molar-refractivity contribution in [1.82, 2.24) is 9.80 Å². The Morgan fingerprint density at radius 2 is 1.50 bits per heavy atom. The molecule has 164 valence electrons. The molecule has 1 saturated heterocycles. The number of phenolic OH excluding ortho intramolecular Hbond substituents is 1. The number of fused-ring (bicyclic) bond motifs is 1. The maximum absolute atomic E-state index is 13.0. The number of rotatable bonds is 3. The van der Waals surface area contributed by atoms with Crippen LogP contribution in [0.15, 0.2) is 54.6 Å². The third-order valence-electron chi connectivity index (χ3n) is 5.63. The van der Waals surface area contributed by atoms with Crippen LogP contribution in [0.2, 0.25) is 0 Å². The largest absolute Gasteiger partial charge is 0.507 e. The first-order valence-electron chi connectivity index (χ1n) is 10.5. The molecule has 3 aromatic rings. The minimum absolute atomic E-state index is 0.0266. The molecule has 8 heteroatoms. The topological polar surface area (TPSA) is 79.3 Å². The predicted octanol–water partition coefficient (Wildman–Crippen LogP) is 3.49. The molecule has 0 saturated carbocycles. The molecule has 7 nitrogen and oxygen atoms in total. The van der Waals surface area contributed by atoms with Crippen molar-refractivity contribution in [2.45, 2.75) is 0 Å². The van der Waals surface area contributed by atoms with Gasteiger partial charge in [-0.25, -0.2) is 0 Å². The van der Waals surface area contributed by atoms with Crippen molar-refractivity contribution < 1.29 is 24.2 Å². The number of carbonyl (C=O) groups is 2. The molecule has 0 bridgehead atoms. The highest BCUT2D eigenvalue weighted by molar-refractivity contribution is 7.17. The molecule has 0 aliphatic carbocycles. The minimum Gasteiger partial charge on any atom is -0.507 e. The van der Waals surface area contributed by atoms with E-state index in [1.54, 1.807) is 28.0 Å². The van der Waals surface area contributed by atoms with Gasteiger partial charge in [0.15, 0.2) is 11.5 Å². The quantitative estimate of drug-likeness (QED) is 0.661. The van der Waals surface area contributed by atoms with Gasteiger partial charge in [0, 0.05) is 31.1 Å². The molecule has 32 heavy (non-hydrogen) atoms. The van der Waals surface area contributed by atoms with Crippen molar-refractivity contribution in [3.05, 3.63) is 65.0 Å². The van der Waals surface area contributed by atoms with E-state index in [1.165, 1.54) is 17.4 Å². The van der Waals surface area contributed by atoms with Crippen LogP contribution in [0.4, 0.5) is 0 Å². The molecule has 2 amide bonds. The number of thiophene rings is 1. The number of carbonyl (C=O) groups excluding carboxylic acids is 2. The van der Waals surface area contributed by atoms with Gasteiger partial charge in [-0.2, -0.15) is 0 Å². The number of nitrogens with zero attached hydrogens (tertiary/aromatic N) is 2. The van der Waals surface area contributed by atoms with E-state index in [0.717, 1.165) is 21.9 Å². The Kier molecular flexibility index (Phi) is 5.45. The van der Waals surface area contributed by atoms with E-state index in [4.69, 9.17) is 9.47 Å². The van der Waals surface area contributed by atoms with Crippen LogP contribution in [0.25, 0.3) is 10.4 Å². The molecule has 2 aliphatic rings. The number of amides is 2. The van der Waals surface area contributed by atoms with Crippen molar-refractivity contribution in [3.63, 3.8) is 0 Å². The lowest BCUT2D eigenvalue weighted by Gasteiger charge is -2.34. The van der Waals surface area contributed by atoms with Crippen LogP contribution < -0.4 is 9.47 Å². The van der Waals surface area contributed by atoms with E-state index in [2.05, 4.69) is 0 Å². The summed E-state index contributed by atoms with van der Waals surface area (Å²) >= 11 is 1.44. The molecule has 2 aromatic carbocycles. The monoisotopic (exact) mass is 450 g/mol. The standard InChI is InChI=1S/C24H22N2O5S/c27-18-4-2-1-3-17(18)23(28)25-9-11-26(12-10-25)24(29)22-8-7-21(32-22)16-5-6-19-20(15-16)31-14-13-30-19/h1-8,15,27H,9-14H2. The maximum Gasteiger partial charge on any atom is 0.264 e. The first kappa shape index (κ1) is 20.4. The Morgan fingerprint density at radius 1 is 0.812 bits per heavy atom. The number of phenols is 1. The van der Waals surface area contributed by atoms with Crippen molar-refractivity contribution in [1.29, 1.82) is 0 Å². The maximum atomic E-state index is 13.0. The van der Waals surface area contributed by atoms with Gasteiger partial charge in [-0.3, -0.25) is 9.59 Å². The number of hydrogen-bond donors (Lipinski definition) is 1. The van der Waals surface area contributed by atoms with Gasteiger partial charge in [0.25, 0.3) is 11.8 Å². The van der Waals surface area contributed by atoms with Gasteiger partial charge in [-0.1, -0.05) is 12.1 Å². The molecule has 0 atom stereocenters. The Balaban J connectivity index is 1.24. The second-order valence-electron chi connectivity index (χ2n) is 7.62. The van der Waals surface area contributed by atoms with E-state index in [-0.39, 0.29) is 23.1 Å². The van der Waals surface area contributed by atoms with E-state index in [0.29, 0.717) is 44.3 Å². The summed E-state index contributed by atoms with van der Waals surface area (Å²) in [5, 5.41) is 9.94. The molecule has 1 N–H and O–H groups in total. The summed E-state index contributed by atoms with van der Waals surface area (Å²) in [6.45, 7) is 2.85. The lowest BCUT2D eigenvalue weighted by molar-refractivity contribution is 0.0536. The molecule has 1 fully saturated rings. The van der Waals surface area contributed by atoms with Gasteiger partial charge >= 0.3 is 0 Å². The van der Waals surface area contributed by atoms with Crippen LogP contribution in [-0.4, -0.2) is 66.1 Å². The van der Waals surface area contributed by atoms with Crippen molar-refractivity contribution in [2.24, 2.45) is 0 Å². The smallest absolute Gasteiger partial charge is 0.264 e. The first-order chi connectivity index (χ1) is 15.6. The van der Waals surface area contributed by atoms with Gasteiger partial charge in [0.2, 0.25) is 0 Å². The number of ether oxygens (including phenoxy) is 2. The Morgan fingerprint density at radius 3 is 2.25 bits per heavy atom. The van der Waals surface area contributed by atoms with E-state index in [1.807, 2.05) is 30.3 Å². The third-order valence-corrected chi connectivity index (χ3v) is 6.75. The van der Waals surface area contributed by atoms with Crippen LogP contribution >= 0.6 is 11.3 Å². The summed E-state index contributed by atoms with van der Waals surface area (Å²) in [7, 11) is 0. The zero-order chi connectivity index (χ0) is 22.1. The number of hydrogen-bond acceptors (Lipinski definition) is 6. The summed E-state index contributed by atoms with van der Waals surface area (Å²) in [5.41, 5.74) is 1.27. The number of piperazine rings is 1. The first-order valence-corrected chi connectivity index (χ1v) is 11.3. The average Bonchev–Trinajstić information content (AvgIpc) is 3.34. The lowest BCUT2D eigenvalue weighted by Crippen LogP contribution is -2.50. The lowest BCUT2D eigenvalue weighted by atomic mass is 10.1. The number of para-hydroxylation sites is 1. The summed E-state index contributed by atoms with van der Waals surface area (Å²) in [4.78, 5) is 30.8. The van der Waals surface area contributed by atoms with E-state index >= 15 is 0 Å². The third kappa shape index (κ3) is 3.89. The summed E-state index contributed by atoms with van der Waals surface area (Å²) < 4.78 is 11.2. The van der Waals surface area contributed by atoms with E-state index in [9.17, 15) is 14.7 Å². The summed E-state index contributed by atoms with van der Waals surface area (Å²) in [5.74, 6) is 1.19. The van der Waals surface area contributed by atoms with Gasteiger partial charge in [-0.05, 0) is 48.0 Å². The number of benzene rings is 2. The summed E-state index contributed by atoms with van der Waals surface area (Å²) in [6.07, 6.45) is 0. The normalized spacial score (nSPS) is 15.5. The van der Waals surface area contributed by atoms with Crippen LogP contribution in [-0.2, 0) is 0 Å². The molecule has 5 rings (SSSR count). The Labute approximate surface area is 189 Å². The second-order valence-corrected chi connectivity index (χ2v) is 8.71. The van der Waals surface area contributed by atoms with Crippen molar-refractivity contribution in [3.8, 4) is 27.7 Å². The van der Waals surface area contributed by atoms with Gasteiger partial charge in [0.1, 0.15) is 19.0 Å². The highest BCUT2D eigenvalue weighted by Gasteiger charge is 2.27. The highest BCUT2D eigenvalue weighted by atomic mass is 32.1. The predicted molar refractivity (Wildman–Crippen MR) is 121 cm³/mol. The fraction of sp³-hybridized carbons (Fsp3) is 0.250. The molecule has 3 heterocycles. The molecular weight excluding hydrogens is 428 g/mol. The average molecular weight is 451 g/mol.